The molecule has 1 N–H and O–H groups in total. The van der Waals surface area contributed by atoms with E-state index in [0.717, 1.165) is 5.56 Å². The molecule has 3 rings (SSSR count). The first-order chi connectivity index (χ1) is 12.0. The number of carbonyl (C=O) groups excluding carboxylic acids is 1. The molecule has 2 aromatic heterocycles. The minimum Gasteiger partial charge on any atom is -0.443 e. The van der Waals surface area contributed by atoms with Crippen molar-refractivity contribution in [3.05, 3.63) is 76.3 Å². The van der Waals surface area contributed by atoms with Crippen molar-refractivity contribution in [3.8, 4) is 12.0 Å². The van der Waals surface area contributed by atoms with Crippen molar-refractivity contribution in [2.45, 2.75) is 19.9 Å². The maximum Gasteiger partial charge on any atom is 0.256 e. The number of hydrogen-bond acceptors (Lipinski definition) is 3. The standard InChI is InChI=1S/C19H16ClN3O2/c1-12(14-6-5-7-15(20)10-14)22-18(24)17-13(2)25-19(16(17)11-21)23-8-3-4-9-23/h3-10,12H,1-2H3,(H,22,24). The van der Waals surface area contributed by atoms with Gasteiger partial charge in [0.25, 0.3) is 5.91 Å². The van der Waals surface area contributed by atoms with Crippen LogP contribution in [-0.2, 0) is 0 Å². The Morgan fingerprint density at radius 2 is 2.04 bits per heavy atom. The van der Waals surface area contributed by atoms with Crippen molar-refractivity contribution in [1.29, 1.82) is 5.26 Å². The van der Waals surface area contributed by atoms with Crippen molar-refractivity contribution in [3.63, 3.8) is 0 Å². The molecule has 0 fully saturated rings. The number of nitrogens with zero attached hydrogens (tertiary/aromatic N) is 2. The Kier molecular flexibility index (Phi) is 4.64. The van der Waals surface area contributed by atoms with E-state index in [1.807, 2.05) is 31.2 Å². The number of nitriles is 1. The molecule has 6 heteroatoms. The number of benzene rings is 1. The van der Waals surface area contributed by atoms with Crippen LogP contribution in [0.2, 0.25) is 5.02 Å². The van der Waals surface area contributed by atoms with Gasteiger partial charge in [-0.3, -0.25) is 9.36 Å². The van der Waals surface area contributed by atoms with E-state index < -0.39 is 0 Å². The average molecular weight is 354 g/mol. The molecular weight excluding hydrogens is 338 g/mol. The molecule has 0 spiro atoms. The summed E-state index contributed by atoms with van der Waals surface area (Å²) in [6, 6.07) is 12.7. The fourth-order valence-corrected chi connectivity index (χ4v) is 2.89. The summed E-state index contributed by atoms with van der Waals surface area (Å²) in [6.45, 7) is 3.53. The van der Waals surface area contributed by atoms with E-state index in [9.17, 15) is 10.1 Å². The van der Waals surface area contributed by atoms with Gasteiger partial charge in [0, 0.05) is 17.4 Å². The van der Waals surface area contributed by atoms with E-state index >= 15 is 0 Å². The highest BCUT2D eigenvalue weighted by molar-refractivity contribution is 6.30. The summed E-state index contributed by atoms with van der Waals surface area (Å²) >= 11 is 6.00. The summed E-state index contributed by atoms with van der Waals surface area (Å²) in [4.78, 5) is 12.7. The van der Waals surface area contributed by atoms with Crippen molar-refractivity contribution in [2.24, 2.45) is 0 Å². The predicted molar refractivity (Wildman–Crippen MR) is 94.8 cm³/mol. The molecule has 0 radical (unpaired) electrons. The number of nitrogens with one attached hydrogen (secondary N) is 1. The molecule has 1 unspecified atom stereocenters. The lowest BCUT2D eigenvalue weighted by molar-refractivity contribution is 0.0938. The molecular formula is C19H16ClN3O2. The largest absolute Gasteiger partial charge is 0.443 e. The Morgan fingerprint density at radius 1 is 1.32 bits per heavy atom. The van der Waals surface area contributed by atoms with Crippen LogP contribution in [0.15, 0.2) is 53.2 Å². The third-order valence-electron chi connectivity index (χ3n) is 3.94. The molecule has 1 aromatic carbocycles. The Balaban J connectivity index is 1.91. The molecule has 0 bridgehead atoms. The quantitative estimate of drug-likeness (QED) is 0.755. The summed E-state index contributed by atoms with van der Waals surface area (Å²) in [5.41, 5.74) is 1.34. The number of aryl methyl sites for hydroxylation is 1. The van der Waals surface area contributed by atoms with Crippen LogP contribution in [0, 0.1) is 18.3 Å². The van der Waals surface area contributed by atoms with E-state index in [2.05, 4.69) is 11.4 Å². The van der Waals surface area contributed by atoms with Crippen molar-refractivity contribution >= 4 is 17.5 Å². The molecule has 0 aliphatic rings. The molecule has 2 heterocycles. The second kappa shape index (κ2) is 6.88. The van der Waals surface area contributed by atoms with Crippen molar-refractivity contribution < 1.29 is 9.21 Å². The van der Waals surface area contributed by atoms with Crippen LogP contribution < -0.4 is 5.32 Å². The number of hydrogen-bond donors (Lipinski definition) is 1. The number of carbonyl (C=O) groups is 1. The molecule has 1 amide bonds. The van der Waals surface area contributed by atoms with Gasteiger partial charge in [0.2, 0.25) is 5.88 Å². The fourth-order valence-electron chi connectivity index (χ4n) is 2.69. The van der Waals surface area contributed by atoms with Gasteiger partial charge in [-0.1, -0.05) is 23.7 Å². The van der Waals surface area contributed by atoms with Crippen LogP contribution in [0.3, 0.4) is 0 Å². The van der Waals surface area contributed by atoms with Gasteiger partial charge in [0.1, 0.15) is 23.0 Å². The number of halogens is 1. The Labute approximate surface area is 150 Å². The summed E-state index contributed by atoms with van der Waals surface area (Å²) in [7, 11) is 0. The van der Waals surface area contributed by atoms with E-state index in [-0.39, 0.29) is 23.1 Å². The molecule has 0 saturated carbocycles. The maximum absolute atomic E-state index is 12.7. The van der Waals surface area contributed by atoms with Gasteiger partial charge in [-0.05, 0) is 43.7 Å². The van der Waals surface area contributed by atoms with Crippen molar-refractivity contribution in [2.75, 3.05) is 0 Å². The van der Waals surface area contributed by atoms with Crippen LogP contribution in [0.5, 0.6) is 0 Å². The Morgan fingerprint density at radius 3 is 2.68 bits per heavy atom. The number of furan rings is 1. The number of aromatic nitrogens is 1. The van der Waals surface area contributed by atoms with E-state index in [1.165, 1.54) is 0 Å². The first-order valence-corrected chi connectivity index (χ1v) is 8.12. The maximum atomic E-state index is 12.7. The van der Waals surface area contributed by atoms with Crippen LogP contribution in [0.1, 0.15) is 40.2 Å². The highest BCUT2D eigenvalue weighted by Gasteiger charge is 2.25. The highest BCUT2D eigenvalue weighted by atomic mass is 35.5. The van der Waals surface area contributed by atoms with Gasteiger partial charge in [-0.25, -0.2) is 0 Å². The predicted octanol–water partition coefficient (Wildman–Crippen LogP) is 4.39. The number of rotatable bonds is 4. The number of amides is 1. The SMILES string of the molecule is Cc1oc(-n2cccc2)c(C#N)c1C(=O)NC(C)c1cccc(Cl)c1. The molecule has 0 aliphatic heterocycles. The monoisotopic (exact) mass is 353 g/mol. The van der Waals surface area contributed by atoms with Crippen LogP contribution >= 0.6 is 11.6 Å². The first-order valence-electron chi connectivity index (χ1n) is 7.74. The Hall–Kier alpha value is -2.97. The van der Waals surface area contributed by atoms with Gasteiger partial charge >= 0.3 is 0 Å². The van der Waals surface area contributed by atoms with E-state index in [1.54, 1.807) is 36.0 Å². The lowest BCUT2D eigenvalue weighted by atomic mass is 10.1. The molecule has 25 heavy (non-hydrogen) atoms. The van der Waals surface area contributed by atoms with Crippen molar-refractivity contribution in [1.82, 2.24) is 9.88 Å². The normalized spacial score (nSPS) is 11.8. The lowest BCUT2D eigenvalue weighted by Crippen LogP contribution is -2.27. The second-order valence-corrected chi connectivity index (χ2v) is 6.10. The molecule has 3 aromatic rings. The Bertz CT molecular complexity index is 952. The van der Waals surface area contributed by atoms with Crippen LogP contribution in [-0.4, -0.2) is 10.5 Å². The third kappa shape index (κ3) is 3.30. The average Bonchev–Trinajstić information content (AvgIpc) is 3.21. The highest BCUT2D eigenvalue weighted by Crippen LogP contribution is 2.26. The second-order valence-electron chi connectivity index (χ2n) is 5.67. The smallest absolute Gasteiger partial charge is 0.256 e. The van der Waals surface area contributed by atoms with E-state index in [4.69, 9.17) is 16.0 Å². The summed E-state index contributed by atoms with van der Waals surface area (Å²) < 4.78 is 7.34. The van der Waals surface area contributed by atoms with Gasteiger partial charge in [0.05, 0.1) is 6.04 Å². The molecule has 5 nitrogen and oxygen atoms in total. The van der Waals surface area contributed by atoms with E-state index in [0.29, 0.717) is 16.7 Å². The van der Waals surface area contributed by atoms with Crippen LogP contribution in [0.25, 0.3) is 5.88 Å². The summed E-state index contributed by atoms with van der Waals surface area (Å²) in [6.07, 6.45) is 3.52. The molecule has 0 saturated heterocycles. The molecule has 0 aliphatic carbocycles. The minimum absolute atomic E-state index is 0.212. The third-order valence-corrected chi connectivity index (χ3v) is 4.17. The fraction of sp³-hybridized carbons (Fsp3) is 0.158. The van der Waals surface area contributed by atoms with Gasteiger partial charge < -0.3 is 9.73 Å². The zero-order chi connectivity index (χ0) is 18.0. The van der Waals surface area contributed by atoms with Gasteiger partial charge in [-0.2, -0.15) is 5.26 Å². The zero-order valence-corrected chi connectivity index (χ0v) is 14.5. The summed E-state index contributed by atoms with van der Waals surface area (Å²) in [5, 5.41) is 13.0. The van der Waals surface area contributed by atoms with Gasteiger partial charge in [0.15, 0.2) is 0 Å². The van der Waals surface area contributed by atoms with Gasteiger partial charge in [-0.15, -0.1) is 0 Å². The van der Waals surface area contributed by atoms with Crippen LogP contribution in [0.4, 0.5) is 0 Å². The molecule has 1 atom stereocenters. The minimum atomic E-state index is -0.358. The summed E-state index contributed by atoms with van der Waals surface area (Å²) in [5.74, 6) is 0.380. The lowest BCUT2D eigenvalue weighted by Gasteiger charge is -2.14. The first kappa shape index (κ1) is 16.9. The topological polar surface area (TPSA) is 71.0 Å². The zero-order valence-electron chi connectivity index (χ0n) is 13.8. The molecule has 126 valence electrons.